The van der Waals surface area contributed by atoms with Crippen LogP contribution in [0, 0.1) is 5.82 Å². The van der Waals surface area contributed by atoms with Gasteiger partial charge in [-0.2, -0.15) is 0 Å². The maximum atomic E-state index is 13.4. The molecular formula is C22H22FN3O2S. The summed E-state index contributed by atoms with van der Waals surface area (Å²) in [5, 5.41) is 0.407. The molecule has 0 radical (unpaired) electrons. The molecule has 0 fully saturated rings. The molecule has 0 N–H and O–H groups in total. The normalized spacial score (nSPS) is 15.0. The number of halogens is 1. The van der Waals surface area contributed by atoms with Gasteiger partial charge >= 0.3 is 0 Å². The predicted octanol–water partition coefficient (Wildman–Crippen LogP) is 4.17. The number of benzene rings is 2. The van der Waals surface area contributed by atoms with Gasteiger partial charge in [-0.1, -0.05) is 42.1 Å². The highest BCUT2D eigenvalue weighted by Crippen LogP contribution is 2.29. The number of hydrogen-bond acceptors (Lipinski definition) is 4. The molecule has 29 heavy (non-hydrogen) atoms. The van der Waals surface area contributed by atoms with E-state index in [4.69, 9.17) is 0 Å². The fourth-order valence-electron chi connectivity index (χ4n) is 2.91. The summed E-state index contributed by atoms with van der Waals surface area (Å²) in [5.41, 5.74) is 1.64. The summed E-state index contributed by atoms with van der Waals surface area (Å²) in [4.78, 5) is 33.1. The Hall–Kier alpha value is -2.93. The topological polar surface area (TPSA) is 53.0 Å². The van der Waals surface area contributed by atoms with Gasteiger partial charge in [-0.25, -0.2) is 9.38 Å². The third-order valence-corrected chi connectivity index (χ3v) is 5.38. The van der Waals surface area contributed by atoms with Crippen LogP contribution in [0.5, 0.6) is 0 Å². The summed E-state index contributed by atoms with van der Waals surface area (Å²) in [6.07, 6.45) is 1.71. The van der Waals surface area contributed by atoms with Crippen molar-refractivity contribution in [1.82, 2.24) is 4.90 Å². The number of aliphatic imine (C=N–C) groups is 1. The minimum atomic E-state index is -0.386. The maximum absolute atomic E-state index is 13.4. The molecule has 0 saturated heterocycles. The lowest BCUT2D eigenvalue weighted by molar-refractivity contribution is -0.128. The van der Waals surface area contributed by atoms with Gasteiger partial charge in [0.05, 0.1) is 11.4 Å². The van der Waals surface area contributed by atoms with Crippen molar-refractivity contribution in [3.63, 3.8) is 0 Å². The molecule has 7 heteroatoms. The molecule has 150 valence electrons. The molecule has 0 bridgehead atoms. The molecule has 0 aliphatic carbocycles. The van der Waals surface area contributed by atoms with Gasteiger partial charge in [0, 0.05) is 13.1 Å². The highest BCUT2D eigenvalue weighted by molar-refractivity contribution is 8.14. The van der Waals surface area contributed by atoms with Gasteiger partial charge in [0.15, 0.2) is 5.17 Å². The minimum absolute atomic E-state index is 0.0188. The molecule has 2 aromatic rings. The number of carbonyl (C=O) groups is 2. The number of carbonyl (C=O) groups excluding carboxylic acids is 2. The summed E-state index contributed by atoms with van der Waals surface area (Å²) in [7, 11) is 0. The lowest BCUT2D eigenvalue weighted by Crippen LogP contribution is -2.34. The van der Waals surface area contributed by atoms with E-state index >= 15 is 0 Å². The number of amidine groups is 1. The standard InChI is InChI=1S/C22H22FN3O2S/c1-3-25(4-2)20(27)15-29-22-24-19(14-16-8-6-5-7-9-16)21(28)26(22)18-12-10-17(23)11-13-18/h5-14H,3-4,15H2,1-2H3/b19-14-. The van der Waals surface area contributed by atoms with E-state index in [0.29, 0.717) is 23.9 Å². The lowest BCUT2D eigenvalue weighted by atomic mass is 10.2. The first kappa shape index (κ1) is 20.8. The van der Waals surface area contributed by atoms with Gasteiger partial charge in [-0.3, -0.25) is 14.5 Å². The van der Waals surface area contributed by atoms with Crippen molar-refractivity contribution >= 4 is 40.5 Å². The van der Waals surface area contributed by atoms with Gasteiger partial charge in [-0.15, -0.1) is 0 Å². The van der Waals surface area contributed by atoms with Crippen LogP contribution in [-0.2, 0) is 9.59 Å². The van der Waals surface area contributed by atoms with Crippen LogP contribution in [0.15, 0.2) is 65.3 Å². The largest absolute Gasteiger partial charge is 0.343 e. The van der Waals surface area contributed by atoms with Crippen molar-refractivity contribution in [2.45, 2.75) is 13.8 Å². The zero-order valence-corrected chi connectivity index (χ0v) is 17.2. The highest BCUT2D eigenvalue weighted by Gasteiger charge is 2.32. The summed E-state index contributed by atoms with van der Waals surface area (Å²) >= 11 is 1.21. The van der Waals surface area contributed by atoms with E-state index in [1.807, 2.05) is 44.2 Å². The summed E-state index contributed by atoms with van der Waals surface area (Å²) < 4.78 is 13.4. The molecule has 0 saturated carbocycles. The molecule has 3 rings (SSSR count). The fraction of sp³-hybridized carbons (Fsp3) is 0.227. The van der Waals surface area contributed by atoms with Crippen molar-refractivity contribution in [1.29, 1.82) is 0 Å². The summed E-state index contributed by atoms with van der Waals surface area (Å²) in [6, 6.07) is 15.1. The van der Waals surface area contributed by atoms with E-state index in [2.05, 4.69) is 4.99 Å². The SMILES string of the molecule is CCN(CC)C(=O)CSC1=N/C(=C\c2ccccc2)C(=O)N1c1ccc(F)cc1. The van der Waals surface area contributed by atoms with Crippen LogP contribution in [0.25, 0.3) is 6.08 Å². The van der Waals surface area contributed by atoms with Gasteiger partial charge in [0.1, 0.15) is 11.5 Å². The van der Waals surface area contributed by atoms with Crippen LogP contribution < -0.4 is 4.90 Å². The van der Waals surface area contributed by atoms with E-state index in [1.54, 1.807) is 11.0 Å². The Morgan fingerprint density at radius 1 is 1.10 bits per heavy atom. The third-order valence-electron chi connectivity index (χ3n) is 4.46. The van der Waals surface area contributed by atoms with E-state index in [-0.39, 0.29) is 29.1 Å². The molecule has 0 aromatic heterocycles. The number of hydrogen-bond donors (Lipinski definition) is 0. The van der Waals surface area contributed by atoms with Gasteiger partial charge in [0.2, 0.25) is 5.91 Å². The summed E-state index contributed by atoms with van der Waals surface area (Å²) in [6.45, 7) is 5.10. The average molecular weight is 412 g/mol. The van der Waals surface area contributed by atoms with Crippen LogP contribution in [0.3, 0.4) is 0 Å². The molecule has 1 aliphatic rings. The maximum Gasteiger partial charge on any atom is 0.283 e. The second kappa shape index (κ2) is 9.52. The van der Waals surface area contributed by atoms with Crippen LogP contribution in [0.4, 0.5) is 10.1 Å². The van der Waals surface area contributed by atoms with Crippen molar-refractivity contribution < 1.29 is 14.0 Å². The Morgan fingerprint density at radius 3 is 2.38 bits per heavy atom. The van der Waals surface area contributed by atoms with E-state index in [9.17, 15) is 14.0 Å². The second-order valence-corrected chi connectivity index (χ2v) is 7.25. The van der Waals surface area contributed by atoms with E-state index < -0.39 is 0 Å². The van der Waals surface area contributed by atoms with Crippen LogP contribution in [0.2, 0.25) is 0 Å². The Morgan fingerprint density at radius 2 is 1.76 bits per heavy atom. The fourth-order valence-corrected chi connectivity index (χ4v) is 3.83. The molecule has 2 amide bonds. The third kappa shape index (κ3) is 4.92. The summed E-state index contributed by atoms with van der Waals surface area (Å²) in [5.74, 6) is -0.541. The molecule has 0 atom stereocenters. The van der Waals surface area contributed by atoms with Gasteiger partial charge in [-0.05, 0) is 49.8 Å². The van der Waals surface area contributed by atoms with Crippen molar-refractivity contribution in [2.24, 2.45) is 4.99 Å². The average Bonchev–Trinajstić information content (AvgIpc) is 3.04. The van der Waals surface area contributed by atoms with Crippen molar-refractivity contribution in [2.75, 3.05) is 23.7 Å². The molecule has 1 aliphatic heterocycles. The first-order valence-electron chi connectivity index (χ1n) is 9.39. The number of rotatable bonds is 6. The second-order valence-electron chi connectivity index (χ2n) is 6.31. The smallest absolute Gasteiger partial charge is 0.283 e. The quantitative estimate of drug-likeness (QED) is 0.671. The number of thioether (sulfide) groups is 1. The first-order chi connectivity index (χ1) is 14.0. The molecule has 2 aromatic carbocycles. The van der Waals surface area contributed by atoms with Crippen molar-refractivity contribution in [3.8, 4) is 0 Å². The number of nitrogens with zero attached hydrogens (tertiary/aromatic N) is 3. The molecule has 0 unspecified atom stereocenters. The van der Waals surface area contributed by atoms with E-state index in [1.165, 1.54) is 40.9 Å². The lowest BCUT2D eigenvalue weighted by Gasteiger charge is -2.20. The number of amides is 2. The predicted molar refractivity (Wildman–Crippen MR) is 116 cm³/mol. The monoisotopic (exact) mass is 411 g/mol. The van der Waals surface area contributed by atoms with Crippen LogP contribution in [0.1, 0.15) is 19.4 Å². The molecule has 0 spiro atoms. The van der Waals surface area contributed by atoms with Gasteiger partial charge < -0.3 is 4.90 Å². The number of anilines is 1. The van der Waals surface area contributed by atoms with Crippen LogP contribution >= 0.6 is 11.8 Å². The minimum Gasteiger partial charge on any atom is -0.343 e. The zero-order chi connectivity index (χ0) is 20.8. The zero-order valence-electron chi connectivity index (χ0n) is 16.3. The van der Waals surface area contributed by atoms with E-state index in [0.717, 1.165) is 5.56 Å². The van der Waals surface area contributed by atoms with Gasteiger partial charge in [0.25, 0.3) is 5.91 Å². The molecular weight excluding hydrogens is 389 g/mol. The Balaban J connectivity index is 1.89. The van der Waals surface area contributed by atoms with Crippen molar-refractivity contribution in [3.05, 3.63) is 71.7 Å². The Kier molecular flexibility index (Phi) is 6.82. The Bertz CT molecular complexity index is 938. The van der Waals surface area contributed by atoms with Crippen LogP contribution in [-0.4, -0.2) is 40.7 Å². The molecule has 5 nitrogen and oxygen atoms in total. The highest BCUT2D eigenvalue weighted by atomic mass is 32.2. The Labute approximate surface area is 173 Å². The first-order valence-corrected chi connectivity index (χ1v) is 10.4. The molecule has 1 heterocycles.